The van der Waals surface area contributed by atoms with Gasteiger partial charge in [0.05, 0.1) is 19.9 Å². The van der Waals surface area contributed by atoms with Crippen LogP contribution in [0.4, 0.5) is 26.4 Å². The molecule has 184 valence electrons. The van der Waals surface area contributed by atoms with Gasteiger partial charge >= 0.3 is 6.03 Å². The molecule has 0 saturated heterocycles. The number of carbonyl (C=O) groups is 1. The third-order valence-corrected chi connectivity index (χ3v) is 5.84. The van der Waals surface area contributed by atoms with Crippen molar-refractivity contribution in [1.82, 2.24) is 5.16 Å². The summed E-state index contributed by atoms with van der Waals surface area (Å²) in [5.41, 5.74) is 0.140. The molecule has 9 nitrogen and oxygen atoms in total. The number of benzene rings is 2. The molecule has 2 N–H and O–H groups in total. The number of rotatable bonds is 8. The maximum atomic E-state index is 14.0. The van der Waals surface area contributed by atoms with Crippen LogP contribution in [0.15, 0.2) is 61.9 Å². The predicted molar refractivity (Wildman–Crippen MR) is 137 cm³/mol. The summed E-state index contributed by atoms with van der Waals surface area (Å²) < 4.78 is 29.6. The average Bonchev–Trinajstić information content (AvgIpc) is 3.30. The topological polar surface area (TPSA) is 110 Å². The molecule has 0 unspecified atom stereocenters. The van der Waals surface area contributed by atoms with Crippen LogP contribution in [0.5, 0.6) is 11.5 Å². The fourth-order valence-corrected chi connectivity index (χ4v) is 3.95. The Balaban J connectivity index is 1.76. The summed E-state index contributed by atoms with van der Waals surface area (Å²) in [6.45, 7) is 6.32. The number of amides is 2. The fourth-order valence-electron chi connectivity index (χ4n) is 3.03. The molecule has 2 aromatic carbocycles. The molecular formula is C24H26FN5O4S. The first-order valence-electron chi connectivity index (χ1n) is 10.4. The molecule has 0 aliphatic carbocycles. The highest BCUT2D eigenvalue weighted by Gasteiger charge is 2.25. The largest absolute Gasteiger partial charge is 0.493 e. The van der Waals surface area contributed by atoms with Crippen LogP contribution in [-0.2, 0) is 5.67 Å². The molecule has 0 saturated carbocycles. The summed E-state index contributed by atoms with van der Waals surface area (Å²) >= 11 is 1.38. The first kappa shape index (κ1) is 25.8. The Kier molecular flexibility index (Phi) is 8.13. The number of alkyl halides is 1. The van der Waals surface area contributed by atoms with E-state index in [0.29, 0.717) is 27.9 Å². The minimum absolute atomic E-state index is 0.0149. The smallest absolute Gasteiger partial charge is 0.324 e. The molecule has 0 spiro atoms. The number of methoxy groups -OCH3 is 2. The van der Waals surface area contributed by atoms with Crippen LogP contribution in [-0.4, -0.2) is 44.2 Å². The molecule has 0 radical (unpaired) electrons. The van der Waals surface area contributed by atoms with Gasteiger partial charge in [-0.2, -0.15) is 0 Å². The molecule has 1 aromatic heterocycles. The van der Waals surface area contributed by atoms with Gasteiger partial charge in [0.15, 0.2) is 28.7 Å². The van der Waals surface area contributed by atoms with Crippen LogP contribution >= 0.6 is 11.8 Å². The number of hydrogen-bond acceptors (Lipinski definition) is 8. The van der Waals surface area contributed by atoms with Gasteiger partial charge in [0.1, 0.15) is 5.04 Å². The second kappa shape index (κ2) is 11.0. The lowest BCUT2D eigenvalue weighted by Gasteiger charge is -2.14. The quantitative estimate of drug-likeness (QED) is 0.222. The van der Waals surface area contributed by atoms with Gasteiger partial charge in [-0.25, -0.2) is 9.18 Å². The number of thioether (sulfide) groups is 1. The van der Waals surface area contributed by atoms with Crippen molar-refractivity contribution in [2.75, 3.05) is 31.9 Å². The van der Waals surface area contributed by atoms with E-state index in [1.807, 2.05) is 6.07 Å². The van der Waals surface area contributed by atoms with Crippen molar-refractivity contribution >= 4 is 46.7 Å². The molecule has 11 heteroatoms. The molecule has 0 aliphatic rings. The summed E-state index contributed by atoms with van der Waals surface area (Å²) in [4.78, 5) is 21.7. The third-order valence-electron chi connectivity index (χ3n) is 4.75. The number of anilines is 2. The Labute approximate surface area is 206 Å². The van der Waals surface area contributed by atoms with Crippen molar-refractivity contribution in [2.24, 2.45) is 9.98 Å². The SMILES string of the molecule is C=Nc1cc(OC)c(OC)cc1/C(=N\C)Sc1cccc(NC(=O)Nc2cc(C(C)(C)F)on2)c1. The first-order chi connectivity index (χ1) is 16.7. The van der Waals surface area contributed by atoms with Crippen LogP contribution in [0.1, 0.15) is 25.2 Å². The zero-order valence-electron chi connectivity index (χ0n) is 20.0. The lowest BCUT2D eigenvalue weighted by Crippen LogP contribution is -2.19. The third kappa shape index (κ3) is 6.38. The number of urea groups is 1. The predicted octanol–water partition coefficient (Wildman–Crippen LogP) is 6.04. The number of halogens is 1. The number of nitrogens with one attached hydrogen (secondary N) is 2. The lowest BCUT2D eigenvalue weighted by molar-refractivity contribution is 0.163. The van der Waals surface area contributed by atoms with Crippen LogP contribution in [0, 0.1) is 0 Å². The van der Waals surface area contributed by atoms with Gasteiger partial charge in [-0.15, -0.1) is 0 Å². The molecule has 0 aliphatic heterocycles. The van der Waals surface area contributed by atoms with Crippen molar-refractivity contribution in [2.45, 2.75) is 24.4 Å². The lowest BCUT2D eigenvalue weighted by atomic mass is 10.1. The monoisotopic (exact) mass is 499 g/mol. The van der Waals surface area contributed by atoms with Gasteiger partial charge in [0, 0.05) is 35.3 Å². The van der Waals surface area contributed by atoms with Gasteiger partial charge in [0.2, 0.25) is 0 Å². The summed E-state index contributed by atoms with van der Waals surface area (Å²) in [5, 5.41) is 9.58. The van der Waals surface area contributed by atoms with E-state index in [1.54, 1.807) is 51.6 Å². The van der Waals surface area contributed by atoms with Crippen molar-refractivity contribution in [3.05, 3.63) is 53.8 Å². The van der Waals surface area contributed by atoms with Crippen LogP contribution in [0.2, 0.25) is 0 Å². The maximum Gasteiger partial charge on any atom is 0.324 e. The normalized spacial score (nSPS) is 11.7. The number of carbonyl (C=O) groups excluding carboxylic acids is 1. The highest BCUT2D eigenvalue weighted by molar-refractivity contribution is 8.14. The number of aliphatic imine (C=N–C) groups is 2. The van der Waals surface area contributed by atoms with E-state index in [-0.39, 0.29) is 11.6 Å². The summed E-state index contributed by atoms with van der Waals surface area (Å²) in [5.74, 6) is 1.19. The Bertz CT molecular complexity index is 1250. The fraction of sp³-hybridized carbons (Fsp3) is 0.250. The van der Waals surface area contributed by atoms with Crippen molar-refractivity contribution in [3.63, 3.8) is 0 Å². The molecule has 1 heterocycles. The highest BCUT2D eigenvalue weighted by Crippen LogP contribution is 2.38. The average molecular weight is 500 g/mol. The first-order valence-corrected chi connectivity index (χ1v) is 11.2. The number of hydrogen-bond donors (Lipinski definition) is 2. The molecule has 35 heavy (non-hydrogen) atoms. The van der Waals surface area contributed by atoms with E-state index >= 15 is 0 Å². The Morgan fingerprint density at radius 1 is 1.14 bits per heavy atom. The van der Waals surface area contributed by atoms with Gasteiger partial charge < -0.3 is 19.3 Å². The van der Waals surface area contributed by atoms with E-state index in [4.69, 9.17) is 14.0 Å². The van der Waals surface area contributed by atoms with Gasteiger partial charge in [0.25, 0.3) is 0 Å². The molecular weight excluding hydrogens is 473 g/mol. The Hall–Kier alpha value is -3.86. The minimum atomic E-state index is -1.71. The minimum Gasteiger partial charge on any atom is -0.493 e. The van der Waals surface area contributed by atoms with Crippen molar-refractivity contribution in [1.29, 1.82) is 0 Å². The van der Waals surface area contributed by atoms with Crippen LogP contribution in [0.25, 0.3) is 0 Å². The Morgan fingerprint density at radius 2 is 1.86 bits per heavy atom. The number of ether oxygens (including phenoxy) is 2. The highest BCUT2D eigenvalue weighted by atomic mass is 32.2. The van der Waals surface area contributed by atoms with Gasteiger partial charge in [-0.3, -0.25) is 15.3 Å². The zero-order chi connectivity index (χ0) is 25.6. The molecule has 0 atom stereocenters. The summed E-state index contributed by atoms with van der Waals surface area (Å²) in [7, 11) is 4.77. The van der Waals surface area contributed by atoms with E-state index in [1.165, 1.54) is 31.7 Å². The maximum absolute atomic E-state index is 14.0. The van der Waals surface area contributed by atoms with Crippen molar-refractivity contribution < 1.29 is 23.2 Å². The molecule has 3 aromatic rings. The van der Waals surface area contributed by atoms with Gasteiger partial charge in [-0.1, -0.05) is 23.0 Å². The van der Waals surface area contributed by atoms with E-state index in [9.17, 15) is 9.18 Å². The molecule has 2 amide bonds. The zero-order valence-corrected chi connectivity index (χ0v) is 20.8. The second-order valence-corrected chi connectivity index (χ2v) is 8.73. The molecule has 3 rings (SSSR count). The van der Waals surface area contributed by atoms with Gasteiger partial charge in [-0.05, 0) is 44.8 Å². The summed E-state index contributed by atoms with van der Waals surface area (Å²) in [6, 6.07) is 11.5. The molecule has 0 bridgehead atoms. The van der Waals surface area contributed by atoms with Crippen LogP contribution < -0.4 is 20.1 Å². The number of aromatic nitrogens is 1. The Morgan fingerprint density at radius 3 is 2.46 bits per heavy atom. The van der Waals surface area contributed by atoms with Crippen LogP contribution in [0.3, 0.4) is 0 Å². The van der Waals surface area contributed by atoms with E-state index < -0.39 is 11.7 Å². The molecule has 0 fully saturated rings. The van der Waals surface area contributed by atoms with E-state index in [2.05, 4.69) is 32.5 Å². The standard InChI is InChI=1S/C24H26FN5O4S/c1-24(2,25)20-13-21(30-34-20)29-23(31)28-14-8-7-9-15(10-14)35-22(27-4)16-11-18(32-5)19(33-6)12-17(16)26-3/h7-13H,3H2,1-2,4-6H3,(H2,28,29,30,31)/b27-22+. The second-order valence-electron chi connectivity index (χ2n) is 7.67. The number of nitrogens with zero attached hydrogens (tertiary/aromatic N) is 3. The summed E-state index contributed by atoms with van der Waals surface area (Å²) in [6.07, 6.45) is 0. The van der Waals surface area contributed by atoms with Crippen molar-refractivity contribution in [3.8, 4) is 11.5 Å². The van der Waals surface area contributed by atoms with E-state index in [0.717, 1.165) is 10.5 Å².